The molecule has 2 rings (SSSR count). The minimum absolute atomic E-state index is 0.108. The molecule has 0 fully saturated rings. The van der Waals surface area contributed by atoms with Crippen molar-refractivity contribution >= 4 is 12.1 Å². The molecule has 1 N–H and O–H groups in total. The average molecular weight is 384 g/mol. The first-order chi connectivity index (χ1) is 13.6. The number of hydrogen-bond donors (Lipinski definition) is 1. The second-order valence-electron chi connectivity index (χ2n) is 6.29. The molecule has 0 aliphatic rings. The number of benzene rings is 2. The Morgan fingerprint density at radius 1 is 0.964 bits per heavy atom. The molecule has 0 aliphatic carbocycles. The van der Waals surface area contributed by atoms with Gasteiger partial charge in [-0.05, 0) is 44.0 Å². The second kappa shape index (κ2) is 11.6. The summed E-state index contributed by atoms with van der Waals surface area (Å²) in [5.41, 5.74) is 4.36. The first-order valence-corrected chi connectivity index (χ1v) is 9.53. The summed E-state index contributed by atoms with van der Waals surface area (Å²) in [6.07, 6.45) is 3.38. The lowest BCUT2D eigenvalue weighted by molar-refractivity contribution is -0.123. The van der Waals surface area contributed by atoms with Crippen molar-refractivity contribution in [2.75, 3.05) is 19.8 Å². The van der Waals surface area contributed by atoms with Gasteiger partial charge < -0.3 is 14.2 Å². The van der Waals surface area contributed by atoms with E-state index in [-0.39, 0.29) is 12.5 Å². The quantitative estimate of drug-likeness (QED) is 0.468. The van der Waals surface area contributed by atoms with Crippen molar-refractivity contribution in [3.05, 3.63) is 53.6 Å². The molecule has 0 unspecified atom stereocenters. The van der Waals surface area contributed by atoms with Crippen LogP contribution in [-0.4, -0.2) is 31.9 Å². The van der Waals surface area contributed by atoms with Crippen molar-refractivity contribution in [3.63, 3.8) is 0 Å². The molecule has 0 radical (unpaired) electrons. The highest BCUT2D eigenvalue weighted by molar-refractivity contribution is 5.85. The van der Waals surface area contributed by atoms with Crippen molar-refractivity contribution in [2.24, 2.45) is 5.10 Å². The highest BCUT2D eigenvalue weighted by atomic mass is 16.5. The van der Waals surface area contributed by atoms with Gasteiger partial charge in [-0.2, -0.15) is 5.10 Å². The molecule has 28 heavy (non-hydrogen) atoms. The van der Waals surface area contributed by atoms with Crippen LogP contribution in [0.25, 0.3) is 0 Å². The number of carbonyl (C=O) groups excluding carboxylic acids is 1. The third-order valence-corrected chi connectivity index (χ3v) is 3.70. The molecule has 0 aliphatic heterocycles. The summed E-state index contributed by atoms with van der Waals surface area (Å²) in [5, 5.41) is 4.00. The summed E-state index contributed by atoms with van der Waals surface area (Å²) in [6, 6.07) is 13.1. The molecule has 1 amide bonds. The Kier molecular flexibility index (Phi) is 8.85. The summed E-state index contributed by atoms with van der Waals surface area (Å²) in [5.74, 6) is 1.73. The predicted octanol–water partition coefficient (Wildman–Crippen LogP) is 4.10. The molecular formula is C22H28N2O4. The van der Waals surface area contributed by atoms with Crippen molar-refractivity contribution in [2.45, 2.75) is 33.6 Å². The van der Waals surface area contributed by atoms with Crippen LogP contribution < -0.4 is 19.6 Å². The Hall–Kier alpha value is -3.02. The maximum absolute atomic E-state index is 11.9. The molecule has 6 heteroatoms. The summed E-state index contributed by atoms with van der Waals surface area (Å²) in [7, 11) is 0. The van der Waals surface area contributed by atoms with Gasteiger partial charge in [-0.1, -0.05) is 31.5 Å². The first kappa shape index (κ1) is 21.3. The molecular weight excluding hydrogens is 356 g/mol. The molecule has 0 atom stereocenters. The van der Waals surface area contributed by atoms with E-state index in [0.717, 1.165) is 29.7 Å². The SMILES string of the molecule is CCCOc1ccc(/C=N/NC(=O)COc2ccc(C)cc2)c(OCCC)c1. The Morgan fingerprint density at radius 2 is 1.64 bits per heavy atom. The zero-order valence-electron chi connectivity index (χ0n) is 16.7. The summed E-state index contributed by atoms with van der Waals surface area (Å²) in [4.78, 5) is 11.9. The lowest BCUT2D eigenvalue weighted by Crippen LogP contribution is -2.24. The molecule has 0 spiro atoms. The van der Waals surface area contributed by atoms with Crippen molar-refractivity contribution in [1.29, 1.82) is 0 Å². The summed E-state index contributed by atoms with van der Waals surface area (Å²) >= 11 is 0. The fourth-order valence-corrected chi connectivity index (χ4v) is 2.26. The Bertz CT molecular complexity index is 773. The van der Waals surface area contributed by atoms with Crippen molar-refractivity contribution in [1.82, 2.24) is 5.43 Å². The van der Waals surface area contributed by atoms with Gasteiger partial charge in [0.15, 0.2) is 6.61 Å². The molecule has 2 aromatic carbocycles. The monoisotopic (exact) mass is 384 g/mol. The summed E-state index contributed by atoms with van der Waals surface area (Å²) < 4.78 is 16.8. The fourth-order valence-electron chi connectivity index (χ4n) is 2.26. The Labute approximate surface area is 166 Å². The van der Waals surface area contributed by atoms with Gasteiger partial charge >= 0.3 is 0 Å². The van der Waals surface area contributed by atoms with Crippen LogP contribution in [0.3, 0.4) is 0 Å². The van der Waals surface area contributed by atoms with Crippen LogP contribution in [0.2, 0.25) is 0 Å². The van der Waals surface area contributed by atoms with E-state index in [1.807, 2.05) is 56.3 Å². The number of nitrogens with one attached hydrogen (secondary N) is 1. The maximum atomic E-state index is 11.9. The molecule has 0 bridgehead atoms. The van der Waals surface area contributed by atoms with Crippen LogP contribution in [0, 0.1) is 6.92 Å². The number of amides is 1. The predicted molar refractivity (Wildman–Crippen MR) is 110 cm³/mol. The van der Waals surface area contributed by atoms with Crippen LogP contribution in [-0.2, 0) is 4.79 Å². The van der Waals surface area contributed by atoms with E-state index >= 15 is 0 Å². The summed E-state index contributed by atoms with van der Waals surface area (Å²) in [6.45, 7) is 7.22. The lowest BCUT2D eigenvalue weighted by Gasteiger charge is -2.11. The zero-order valence-corrected chi connectivity index (χ0v) is 16.7. The average Bonchev–Trinajstić information content (AvgIpc) is 2.71. The fraction of sp³-hybridized carbons (Fsp3) is 0.364. The first-order valence-electron chi connectivity index (χ1n) is 9.53. The van der Waals surface area contributed by atoms with Crippen LogP contribution in [0.1, 0.15) is 37.8 Å². The molecule has 6 nitrogen and oxygen atoms in total. The highest BCUT2D eigenvalue weighted by Gasteiger charge is 2.06. The molecule has 0 saturated carbocycles. The van der Waals surface area contributed by atoms with Crippen LogP contribution >= 0.6 is 0 Å². The van der Waals surface area contributed by atoms with E-state index in [4.69, 9.17) is 14.2 Å². The minimum Gasteiger partial charge on any atom is -0.493 e. The smallest absolute Gasteiger partial charge is 0.277 e. The minimum atomic E-state index is -0.337. The van der Waals surface area contributed by atoms with Gasteiger partial charge in [0.1, 0.15) is 17.2 Å². The van der Waals surface area contributed by atoms with E-state index < -0.39 is 0 Å². The van der Waals surface area contributed by atoms with Gasteiger partial charge in [0.25, 0.3) is 5.91 Å². The lowest BCUT2D eigenvalue weighted by atomic mass is 10.2. The van der Waals surface area contributed by atoms with Gasteiger partial charge in [0.05, 0.1) is 19.4 Å². The van der Waals surface area contributed by atoms with Gasteiger partial charge in [-0.3, -0.25) is 4.79 Å². The number of carbonyl (C=O) groups is 1. The van der Waals surface area contributed by atoms with Crippen molar-refractivity contribution in [3.8, 4) is 17.2 Å². The van der Waals surface area contributed by atoms with Crippen LogP contribution in [0.15, 0.2) is 47.6 Å². The number of ether oxygens (including phenoxy) is 3. The molecule has 150 valence electrons. The van der Waals surface area contributed by atoms with Gasteiger partial charge in [-0.25, -0.2) is 5.43 Å². The van der Waals surface area contributed by atoms with E-state index in [0.29, 0.717) is 24.7 Å². The molecule has 0 saturated heterocycles. The molecule has 0 aromatic heterocycles. The van der Waals surface area contributed by atoms with E-state index in [1.54, 1.807) is 6.21 Å². The Morgan fingerprint density at radius 3 is 2.36 bits per heavy atom. The number of hydrogen-bond acceptors (Lipinski definition) is 5. The second-order valence-corrected chi connectivity index (χ2v) is 6.29. The number of rotatable bonds is 11. The molecule has 0 heterocycles. The Balaban J connectivity index is 1.91. The standard InChI is InChI=1S/C22H28N2O4/c1-4-12-26-20-11-8-18(21(14-20)27-13-5-2)15-23-24-22(25)16-28-19-9-6-17(3)7-10-19/h6-11,14-15H,4-5,12-13,16H2,1-3H3,(H,24,25)/b23-15+. The zero-order chi connectivity index (χ0) is 20.2. The van der Waals surface area contributed by atoms with E-state index in [1.165, 1.54) is 0 Å². The van der Waals surface area contributed by atoms with Crippen LogP contribution in [0.5, 0.6) is 17.2 Å². The molecule has 2 aromatic rings. The number of aryl methyl sites for hydroxylation is 1. The largest absolute Gasteiger partial charge is 0.493 e. The van der Waals surface area contributed by atoms with E-state index in [2.05, 4.69) is 17.5 Å². The number of hydrazone groups is 1. The van der Waals surface area contributed by atoms with Gasteiger partial charge in [-0.15, -0.1) is 0 Å². The van der Waals surface area contributed by atoms with Crippen LogP contribution in [0.4, 0.5) is 0 Å². The third kappa shape index (κ3) is 7.31. The van der Waals surface area contributed by atoms with E-state index in [9.17, 15) is 4.79 Å². The van der Waals surface area contributed by atoms with Gasteiger partial charge in [0.2, 0.25) is 0 Å². The van der Waals surface area contributed by atoms with Crippen molar-refractivity contribution < 1.29 is 19.0 Å². The third-order valence-electron chi connectivity index (χ3n) is 3.70. The topological polar surface area (TPSA) is 69.2 Å². The maximum Gasteiger partial charge on any atom is 0.277 e. The number of nitrogens with zero attached hydrogens (tertiary/aromatic N) is 1. The normalized spacial score (nSPS) is 10.7. The van der Waals surface area contributed by atoms with Gasteiger partial charge in [0, 0.05) is 11.6 Å². The highest BCUT2D eigenvalue weighted by Crippen LogP contribution is 2.24.